The Kier molecular flexibility index (Phi) is 11.6. The standard InChI is InChI=1S/C66H67BN4/c1-65(2,3)51-29-33-53(34-30-51)70-59-39-48(44-19-11-7-12-20-44)27-37-55(59)67-56-38-28-49(45-21-13-8-14-22-45)40-60(56)71(54-35-31-52(32-36-54)66(4,5)6)62-42-50(41-61(70)63(62)67)58-43-57(46-23-15-9-16-24-46)68-64(69-58)47-25-17-10-18-26-47/h9-10,15-18,23-45H,7-8,11-14,19-22H2,1-6H3. The van der Waals surface area contributed by atoms with Crippen LogP contribution in [-0.4, -0.2) is 16.7 Å². The topological polar surface area (TPSA) is 32.3 Å². The summed E-state index contributed by atoms with van der Waals surface area (Å²) in [6, 6.07) is 62.4. The number of hydrogen-bond donors (Lipinski definition) is 0. The molecule has 0 spiro atoms. The van der Waals surface area contributed by atoms with Gasteiger partial charge in [-0.3, -0.25) is 0 Å². The second-order valence-electron chi connectivity index (χ2n) is 23.1. The number of fused-ring (bicyclic) bond motifs is 4. The lowest BCUT2D eigenvalue weighted by Crippen LogP contribution is -2.61. The summed E-state index contributed by atoms with van der Waals surface area (Å²) in [5.74, 6) is 1.86. The molecule has 4 nitrogen and oxygen atoms in total. The van der Waals surface area contributed by atoms with Crippen LogP contribution in [0.15, 0.2) is 164 Å². The highest BCUT2D eigenvalue weighted by molar-refractivity contribution is 7.00. The van der Waals surface area contributed by atoms with E-state index in [2.05, 4.69) is 215 Å². The Bertz CT molecular complexity index is 3020. The molecule has 5 heteroatoms. The maximum atomic E-state index is 5.52. The Hall–Kier alpha value is -6.72. The highest BCUT2D eigenvalue weighted by Crippen LogP contribution is 2.49. The number of hydrogen-bond acceptors (Lipinski definition) is 4. The zero-order chi connectivity index (χ0) is 48.4. The normalized spacial score (nSPS) is 16.1. The van der Waals surface area contributed by atoms with E-state index in [0.29, 0.717) is 11.8 Å². The van der Waals surface area contributed by atoms with Gasteiger partial charge < -0.3 is 9.80 Å². The first-order valence-electron chi connectivity index (χ1n) is 26.7. The molecule has 8 aromatic rings. The molecular weight excluding hydrogens is 860 g/mol. The lowest BCUT2D eigenvalue weighted by molar-refractivity contribution is 0.444. The molecule has 4 aliphatic rings. The van der Waals surface area contributed by atoms with Gasteiger partial charge in [-0.15, -0.1) is 0 Å². The highest BCUT2D eigenvalue weighted by Gasteiger charge is 2.44. The number of anilines is 6. The molecule has 3 heterocycles. The first kappa shape index (κ1) is 45.4. The van der Waals surface area contributed by atoms with Gasteiger partial charge in [0.2, 0.25) is 0 Å². The van der Waals surface area contributed by atoms with Crippen LogP contribution in [-0.2, 0) is 10.8 Å². The monoisotopic (exact) mass is 927 g/mol. The molecular formula is C66H67BN4. The molecule has 0 atom stereocenters. The van der Waals surface area contributed by atoms with Crippen LogP contribution in [0.2, 0.25) is 0 Å². The van der Waals surface area contributed by atoms with E-state index in [-0.39, 0.29) is 17.5 Å². The molecule has 7 aromatic carbocycles. The van der Waals surface area contributed by atoms with Crippen molar-refractivity contribution in [3.8, 4) is 33.9 Å². The largest absolute Gasteiger partial charge is 0.311 e. The van der Waals surface area contributed by atoms with E-state index < -0.39 is 0 Å². The van der Waals surface area contributed by atoms with Gasteiger partial charge in [-0.1, -0.05) is 189 Å². The van der Waals surface area contributed by atoms with Crippen LogP contribution in [0, 0.1) is 0 Å². The minimum atomic E-state index is 0.0276. The van der Waals surface area contributed by atoms with Crippen molar-refractivity contribution in [3.63, 3.8) is 0 Å². The van der Waals surface area contributed by atoms with Gasteiger partial charge in [0.05, 0.1) is 11.4 Å². The molecule has 0 N–H and O–H groups in total. The minimum absolute atomic E-state index is 0.0276. The molecule has 0 bridgehead atoms. The van der Waals surface area contributed by atoms with Gasteiger partial charge in [-0.2, -0.15) is 0 Å². The third-order valence-corrected chi connectivity index (χ3v) is 16.4. The number of nitrogens with zero attached hydrogens (tertiary/aromatic N) is 4. The maximum Gasteiger partial charge on any atom is 0.252 e. The fourth-order valence-corrected chi connectivity index (χ4v) is 12.4. The van der Waals surface area contributed by atoms with Crippen LogP contribution < -0.4 is 26.2 Å². The molecule has 0 unspecified atom stereocenters. The second kappa shape index (κ2) is 18.2. The van der Waals surface area contributed by atoms with Gasteiger partial charge in [-0.25, -0.2) is 9.97 Å². The van der Waals surface area contributed by atoms with E-state index in [1.807, 2.05) is 0 Å². The molecule has 0 amide bonds. The van der Waals surface area contributed by atoms with Gasteiger partial charge in [0.25, 0.3) is 6.71 Å². The minimum Gasteiger partial charge on any atom is -0.311 e. The first-order chi connectivity index (χ1) is 34.5. The average molecular weight is 927 g/mol. The van der Waals surface area contributed by atoms with Crippen molar-refractivity contribution < 1.29 is 0 Å². The molecule has 0 saturated heterocycles. The molecule has 0 radical (unpaired) electrons. The summed E-state index contributed by atoms with van der Waals surface area (Å²) in [5.41, 5.74) is 22.1. The van der Waals surface area contributed by atoms with Crippen LogP contribution in [0.3, 0.4) is 0 Å². The van der Waals surface area contributed by atoms with Crippen molar-refractivity contribution in [2.24, 2.45) is 0 Å². The summed E-state index contributed by atoms with van der Waals surface area (Å²) < 4.78 is 0. The van der Waals surface area contributed by atoms with Crippen LogP contribution >= 0.6 is 0 Å². The highest BCUT2D eigenvalue weighted by atomic mass is 15.2. The lowest BCUT2D eigenvalue weighted by atomic mass is 9.33. The SMILES string of the molecule is CC(C)(C)c1ccc(N2c3cc(C4CCCCC4)ccc3B3c4ccc(C5CCCCC5)cc4N(c4ccc(C(C)(C)C)cc4)c4cc(-c5cc(-c6ccccc6)nc(-c6ccccc6)n5)cc2c43)cc1. The summed E-state index contributed by atoms with van der Waals surface area (Å²) in [5, 5.41) is 0. The van der Waals surface area contributed by atoms with Gasteiger partial charge in [-0.05, 0) is 142 Å². The van der Waals surface area contributed by atoms with Gasteiger partial charge in [0, 0.05) is 50.8 Å². The second-order valence-corrected chi connectivity index (χ2v) is 23.1. The quantitative estimate of drug-likeness (QED) is 0.149. The summed E-state index contributed by atoms with van der Waals surface area (Å²) in [4.78, 5) is 16.0. The Balaban J connectivity index is 1.17. The third-order valence-electron chi connectivity index (χ3n) is 16.4. The molecule has 2 saturated carbocycles. The van der Waals surface area contributed by atoms with Crippen LogP contribution in [0.1, 0.15) is 140 Å². The molecule has 2 aliphatic carbocycles. The van der Waals surface area contributed by atoms with Crippen LogP contribution in [0.5, 0.6) is 0 Å². The van der Waals surface area contributed by atoms with Crippen molar-refractivity contribution in [2.45, 2.75) is 128 Å². The zero-order valence-corrected chi connectivity index (χ0v) is 42.7. The predicted octanol–water partition coefficient (Wildman–Crippen LogP) is 16.3. The third kappa shape index (κ3) is 8.49. The van der Waals surface area contributed by atoms with E-state index >= 15 is 0 Å². The van der Waals surface area contributed by atoms with E-state index in [1.165, 1.54) is 137 Å². The van der Waals surface area contributed by atoms with Gasteiger partial charge in [0.1, 0.15) is 0 Å². The number of benzene rings is 7. The Morgan fingerprint density at radius 3 is 1.27 bits per heavy atom. The number of rotatable bonds is 7. The summed E-state index contributed by atoms with van der Waals surface area (Å²) in [6.45, 7) is 13.9. The Morgan fingerprint density at radius 1 is 0.408 bits per heavy atom. The molecule has 354 valence electrons. The van der Waals surface area contributed by atoms with Crippen LogP contribution in [0.25, 0.3) is 33.9 Å². The zero-order valence-electron chi connectivity index (χ0n) is 42.7. The van der Waals surface area contributed by atoms with E-state index in [9.17, 15) is 0 Å². The fraction of sp³-hybridized carbons (Fsp3) is 0.303. The van der Waals surface area contributed by atoms with Crippen molar-refractivity contribution in [2.75, 3.05) is 9.80 Å². The molecule has 71 heavy (non-hydrogen) atoms. The smallest absolute Gasteiger partial charge is 0.252 e. The molecule has 12 rings (SSSR count). The van der Waals surface area contributed by atoms with Crippen molar-refractivity contribution in [1.29, 1.82) is 0 Å². The maximum absolute atomic E-state index is 5.52. The van der Waals surface area contributed by atoms with Crippen LogP contribution in [0.4, 0.5) is 34.1 Å². The summed E-state index contributed by atoms with van der Waals surface area (Å²) in [7, 11) is 0. The summed E-state index contributed by atoms with van der Waals surface area (Å²) >= 11 is 0. The Morgan fingerprint density at radius 2 is 0.831 bits per heavy atom. The van der Waals surface area contributed by atoms with E-state index in [4.69, 9.17) is 9.97 Å². The Labute approximate surface area is 423 Å². The lowest BCUT2D eigenvalue weighted by Gasteiger charge is -2.45. The summed E-state index contributed by atoms with van der Waals surface area (Å²) in [6.07, 6.45) is 12.9. The van der Waals surface area contributed by atoms with Gasteiger partial charge >= 0.3 is 0 Å². The molecule has 1 aromatic heterocycles. The van der Waals surface area contributed by atoms with E-state index in [1.54, 1.807) is 0 Å². The number of aromatic nitrogens is 2. The average Bonchev–Trinajstić information content (AvgIpc) is 3.41. The molecule has 2 fully saturated rings. The van der Waals surface area contributed by atoms with Gasteiger partial charge in [0.15, 0.2) is 5.82 Å². The van der Waals surface area contributed by atoms with E-state index in [0.717, 1.165) is 33.9 Å². The fourth-order valence-electron chi connectivity index (χ4n) is 12.4. The van der Waals surface area contributed by atoms with Crippen molar-refractivity contribution in [1.82, 2.24) is 9.97 Å². The first-order valence-corrected chi connectivity index (χ1v) is 26.7. The van der Waals surface area contributed by atoms with Crippen molar-refractivity contribution in [3.05, 3.63) is 186 Å². The predicted molar refractivity (Wildman–Crippen MR) is 301 cm³/mol. The van der Waals surface area contributed by atoms with Crippen molar-refractivity contribution >= 4 is 57.2 Å². The molecule has 2 aliphatic heterocycles.